The predicted octanol–water partition coefficient (Wildman–Crippen LogP) is 2.13. The number of nitrogens with zero attached hydrogens (tertiary/aromatic N) is 1. The molecule has 5 heteroatoms. The van der Waals surface area contributed by atoms with E-state index in [0.717, 1.165) is 16.8 Å². The normalized spacial score (nSPS) is 19.4. The van der Waals surface area contributed by atoms with E-state index < -0.39 is 0 Å². The first kappa shape index (κ1) is 16.5. The fraction of sp³-hybridized carbons (Fsp3) is 0.529. The maximum atomic E-state index is 12.4. The Kier molecular flexibility index (Phi) is 5.19. The van der Waals surface area contributed by atoms with Crippen molar-refractivity contribution in [1.82, 2.24) is 4.90 Å². The molecule has 0 unspecified atom stereocenters. The molecule has 0 bridgehead atoms. The number of benzene rings is 1. The SMILES string of the molecule is COC[C@H](C)N1C[C@H](C(=O)Nc2ccc(C)cc2C)CC1=O. The van der Waals surface area contributed by atoms with Crippen molar-refractivity contribution in [2.75, 3.05) is 25.6 Å². The number of amides is 2. The van der Waals surface area contributed by atoms with Gasteiger partial charge < -0.3 is 15.0 Å². The average Bonchev–Trinajstić information content (AvgIpc) is 2.84. The Balaban J connectivity index is 2.00. The smallest absolute Gasteiger partial charge is 0.229 e. The lowest BCUT2D eigenvalue weighted by Crippen LogP contribution is -2.38. The number of nitrogens with one attached hydrogen (secondary N) is 1. The van der Waals surface area contributed by atoms with E-state index >= 15 is 0 Å². The van der Waals surface area contributed by atoms with Gasteiger partial charge in [0, 0.05) is 25.8 Å². The summed E-state index contributed by atoms with van der Waals surface area (Å²) in [5, 5.41) is 2.94. The second kappa shape index (κ2) is 6.92. The number of ether oxygens (including phenoxy) is 1. The Labute approximate surface area is 131 Å². The zero-order valence-corrected chi connectivity index (χ0v) is 13.7. The third-order valence-corrected chi connectivity index (χ3v) is 4.11. The maximum absolute atomic E-state index is 12.4. The van der Waals surface area contributed by atoms with E-state index in [-0.39, 0.29) is 30.2 Å². The van der Waals surface area contributed by atoms with E-state index in [1.165, 1.54) is 0 Å². The minimum atomic E-state index is -0.299. The molecular weight excluding hydrogens is 280 g/mol. The van der Waals surface area contributed by atoms with Gasteiger partial charge in [-0.1, -0.05) is 17.7 Å². The van der Waals surface area contributed by atoms with Crippen molar-refractivity contribution >= 4 is 17.5 Å². The number of carbonyl (C=O) groups is 2. The van der Waals surface area contributed by atoms with Crippen molar-refractivity contribution in [2.24, 2.45) is 5.92 Å². The first-order chi connectivity index (χ1) is 10.4. The molecule has 120 valence electrons. The van der Waals surface area contributed by atoms with Gasteiger partial charge in [0.05, 0.1) is 18.6 Å². The van der Waals surface area contributed by atoms with Crippen LogP contribution in [-0.2, 0) is 14.3 Å². The van der Waals surface area contributed by atoms with Gasteiger partial charge in [-0.3, -0.25) is 9.59 Å². The molecule has 0 aliphatic carbocycles. The van der Waals surface area contributed by atoms with Crippen molar-refractivity contribution in [3.8, 4) is 0 Å². The Morgan fingerprint density at radius 1 is 1.45 bits per heavy atom. The molecule has 1 saturated heterocycles. The highest BCUT2D eigenvalue weighted by Gasteiger charge is 2.36. The summed E-state index contributed by atoms with van der Waals surface area (Å²) in [5.74, 6) is -0.370. The second-order valence-corrected chi connectivity index (χ2v) is 6.06. The Morgan fingerprint density at radius 2 is 2.18 bits per heavy atom. The van der Waals surface area contributed by atoms with Crippen LogP contribution >= 0.6 is 0 Å². The van der Waals surface area contributed by atoms with Crippen molar-refractivity contribution in [1.29, 1.82) is 0 Å². The van der Waals surface area contributed by atoms with Crippen molar-refractivity contribution in [2.45, 2.75) is 33.2 Å². The standard InChI is InChI=1S/C17H24N2O3/c1-11-5-6-15(12(2)7-11)18-17(21)14-8-16(20)19(9-14)13(3)10-22-4/h5-7,13-14H,8-10H2,1-4H3,(H,18,21)/t13-,14+/m0/s1. The van der Waals surface area contributed by atoms with Crippen LogP contribution in [0.15, 0.2) is 18.2 Å². The predicted molar refractivity (Wildman–Crippen MR) is 85.7 cm³/mol. The van der Waals surface area contributed by atoms with Crippen molar-refractivity contribution < 1.29 is 14.3 Å². The summed E-state index contributed by atoms with van der Waals surface area (Å²) in [6.07, 6.45) is 0.269. The minimum absolute atomic E-state index is 0.00332. The molecule has 1 aliphatic rings. The molecule has 0 aromatic heterocycles. The Morgan fingerprint density at radius 3 is 2.82 bits per heavy atom. The van der Waals surface area contributed by atoms with E-state index in [2.05, 4.69) is 5.32 Å². The number of hydrogen-bond acceptors (Lipinski definition) is 3. The summed E-state index contributed by atoms with van der Waals surface area (Å²) in [6.45, 7) is 6.86. The highest BCUT2D eigenvalue weighted by molar-refractivity contribution is 5.97. The number of aryl methyl sites for hydroxylation is 2. The molecule has 2 atom stereocenters. The molecule has 0 saturated carbocycles. The molecule has 1 fully saturated rings. The van der Waals surface area contributed by atoms with Gasteiger partial charge >= 0.3 is 0 Å². The van der Waals surface area contributed by atoms with Gasteiger partial charge in [0.15, 0.2) is 0 Å². The van der Waals surface area contributed by atoms with Crippen LogP contribution in [0.1, 0.15) is 24.5 Å². The quantitative estimate of drug-likeness (QED) is 0.906. The third-order valence-electron chi connectivity index (χ3n) is 4.11. The fourth-order valence-corrected chi connectivity index (χ4v) is 2.85. The summed E-state index contributed by atoms with van der Waals surface area (Å²) in [6, 6.07) is 5.90. The van der Waals surface area contributed by atoms with Gasteiger partial charge in [0.25, 0.3) is 0 Å². The van der Waals surface area contributed by atoms with E-state index in [0.29, 0.717) is 13.2 Å². The minimum Gasteiger partial charge on any atom is -0.383 e. The largest absolute Gasteiger partial charge is 0.383 e. The summed E-state index contributed by atoms with van der Waals surface area (Å²) in [5.41, 5.74) is 3.00. The zero-order valence-electron chi connectivity index (χ0n) is 13.7. The summed E-state index contributed by atoms with van der Waals surface area (Å²) >= 11 is 0. The number of rotatable bonds is 5. The van der Waals surface area contributed by atoms with Gasteiger partial charge in [-0.25, -0.2) is 0 Å². The maximum Gasteiger partial charge on any atom is 0.229 e. The molecule has 2 amide bonds. The Bertz CT molecular complexity index is 571. The van der Waals surface area contributed by atoms with E-state index in [4.69, 9.17) is 4.74 Å². The lowest BCUT2D eigenvalue weighted by atomic mass is 10.1. The van der Waals surface area contributed by atoms with Gasteiger partial charge in [-0.15, -0.1) is 0 Å². The van der Waals surface area contributed by atoms with Gasteiger partial charge in [0.2, 0.25) is 11.8 Å². The fourth-order valence-electron chi connectivity index (χ4n) is 2.85. The summed E-state index contributed by atoms with van der Waals surface area (Å²) in [7, 11) is 1.61. The van der Waals surface area contributed by atoms with Crippen molar-refractivity contribution in [3.63, 3.8) is 0 Å². The van der Waals surface area contributed by atoms with Gasteiger partial charge in [0.1, 0.15) is 0 Å². The molecule has 0 radical (unpaired) electrons. The van der Waals surface area contributed by atoms with Crippen LogP contribution in [0.25, 0.3) is 0 Å². The van der Waals surface area contributed by atoms with Gasteiger partial charge in [-0.05, 0) is 32.4 Å². The number of carbonyl (C=O) groups excluding carboxylic acids is 2. The average molecular weight is 304 g/mol. The summed E-state index contributed by atoms with van der Waals surface area (Å²) < 4.78 is 5.09. The zero-order chi connectivity index (χ0) is 16.3. The number of hydrogen-bond donors (Lipinski definition) is 1. The molecule has 22 heavy (non-hydrogen) atoms. The van der Waals surface area contributed by atoms with Crippen LogP contribution in [0.2, 0.25) is 0 Å². The number of anilines is 1. The lowest BCUT2D eigenvalue weighted by molar-refractivity contribution is -0.130. The molecule has 1 aromatic carbocycles. The highest BCUT2D eigenvalue weighted by atomic mass is 16.5. The van der Waals surface area contributed by atoms with Crippen LogP contribution in [0.4, 0.5) is 5.69 Å². The third kappa shape index (κ3) is 3.65. The topological polar surface area (TPSA) is 58.6 Å². The summed E-state index contributed by atoms with van der Waals surface area (Å²) in [4.78, 5) is 26.2. The number of likely N-dealkylation sites (tertiary alicyclic amines) is 1. The van der Waals surface area contributed by atoms with E-state index in [1.807, 2.05) is 39.0 Å². The van der Waals surface area contributed by atoms with Crippen LogP contribution in [-0.4, -0.2) is 43.0 Å². The first-order valence-electron chi connectivity index (χ1n) is 7.59. The van der Waals surface area contributed by atoms with Crippen LogP contribution in [0, 0.1) is 19.8 Å². The molecule has 0 spiro atoms. The number of methoxy groups -OCH3 is 1. The molecule has 1 heterocycles. The monoisotopic (exact) mass is 304 g/mol. The van der Waals surface area contributed by atoms with Crippen molar-refractivity contribution in [3.05, 3.63) is 29.3 Å². The molecule has 1 N–H and O–H groups in total. The van der Waals surface area contributed by atoms with Crippen LogP contribution in [0.5, 0.6) is 0 Å². The second-order valence-electron chi connectivity index (χ2n) is 6.06. The molecule has 2 rings (SSSR count). The molecule has 5 nitrogen and oxygen atoms in total. The van der Waals surface area contributed by atoms with Gasteiger partial charge in [-0.2, -0.15) is 0 Å². The van der Waals surface area contributed by atoms with E-state index in [9.17, 15) is 9.59 Å². The highest BCUT2D eigenvalue weighted by Crippen LogP contribution is 2.23. The lowest BCUT2D eigenvalue weighted by Gasteiger charge is -2.24. The van der Waals surface area contributed by atoms with E-state index in [1.54, 1.807) is 12.0 Å². The Hall–Kier alpha value is -1.88. The molecule has 1 aromatic rings. The van der Waals surface area contributed by atoms with Crippen LogP contribution in [0.3, 0.4) is 0 Å². The molecule has 1 aliphatic heterocycles. The van der Waals surface area contributed by atoms with Crippen LogP contribution < -0.4 is 5.32 Å². The molecular formula is C17H24N2O3. The first-order valence-corrected chi connectivity index (χ1v) is 7.59.